The molecular formula is C22H23NO3. The fraction of sp³-hybridized carbons (Fsp3) is 0.227. The molecule has 0 bridgehead atoms. The first-order chi connectivity index (χ1) is 12.6. The number of hydrogen-bond donors (Lipinski definition) is 1. The van der Waals surface area contributed by atoms with Crippen molar-refractivity contribution in [1.82, 2.24) is 5.32 Å². The Kier molecular flexibility index (Phi) is 5.74. The summed E-state index contributed by atoms with van der Waals surface area (Å²) in [7, 11) is 0. The van der Waals surface area contributed by atoms with Gasteiger partial charge >= 0.3 is 0 Å². The van der Waals surface area contributed by atoms with Crippen LogP contribution in [0, 0.1) is 13.8 Å². The van der Waals surface area contributed by atoms with Crippen LogP contribution < -0.4 is 14.8 Å². The molecule has 0 atom stereocenters. The number of rotatable bonds is 7. The van der Waals surface area contributed by atoms with E-state index in [0.29, 0.717) is 18.9 Å². The summed E-state index contributed by atoms with van der Waals surface area (Å²) in [5, 5.41) is 5.04. The van der Waals surface area contributed by atoms with E-state index in [-0.39, 0.29) is 12.5 Å². The third kappa shape index (κ3) is 4.54. The minimum absolute atomic E-state index is 0.0121. The van der Waals surface area contributed by atoms with Gasteiger partial charge in [-0.05, 0) is 53.9 Å². The molecule has 26 heavy (non-hydrogen) atoms. The maximum absolute atomic E-state index is 11.9. The summed E-state index contributed by atoms with van der Waals surface area (Å²) in [5.74, 6) is 1.37. The molecule has 0 heterocycles. The molecule has 4 heteroatoms. The molecule has 3 aromatic carbocycles. The smallest absolute Gasteiger partial charge is 0.258 e. The molecule has 0 unspecified atom stereocenters. The van der Waals surface area contributed by atoms with Gasteiger partial charge < -0.3 is 14.8 Å². The first-order valence-electron chi connectivity index (χ1n) is 8.71. The summed E-state index contributed by atoms with van der Waals surface area (Å²) in [6.45, 7) is 4.93. The van der Waals surface area contributed by atoms with E-state index in [4.69, 9.17) is 9.47 Å². The van der Waals surface area contributed by atoms with E-state index in [0.717, 1.165) is 22.1 Å². The number of carbonyl (C=O) groups is 1. The molecule has 1 N–H and O–H groups in total. The monoisotopic (exact) mass is 349 g/mol. The number of carbonyl (C=O) groups excluding carboxylic acids is 1. The molecule has 0 radical (unpaired) electrons. The molecule has 0 aromatic heterocycles. The third-order valence-electron chi connectivity index (χ3n) is 4.33. The van der Waals surface area contributed by atoms with E-state index >= 15 is 0 Å². The second-order valence-corrected chi connectivity index (χ2v) is 6.19. The number of benzene rings is 3. The molecular weight excluding hydrogens is 326 g/mol. The number of fused-ring (bicyclic) bond motifs is 1. The third-order valence-corrected chi connectivity index (χ3v) is 4.33. The van der Waals surface area contributed by atoms with Crippen molar-refractivity contribution in [2.24, 2.45) is 0 Å². The lowest BCUT2D eigenvalue weighted by molar-refractivity contribution is -0.123. The fourth-order valence-electron chi connectivity index (χ4n) is 2.69. The van der Waals surface area contributed by atoms with Crippen LogP contribution in [0.5, 0.6) is 11.5 Å². The van der Waals surface area contributed by atoms with E-state index in [2.05, 4.69) is 5.32 Å². The van der Waals surface area contributed by atoms with E-state index in [1.807, 2.05) is 74.5 Å². The van der Waals surface area contributed by atoms with Crippen LogP contribution >= 0.6 is 0 Å². The Balaban J connectivity index is 1.42. The number of nitrogens with one attached hydrogen (secondary N) is 1. The Labute approximate surface area is 153 Å². The van der Waals surface area contributed by atoms with Crippen LogP contribution in [0.1, 0.15) is 11.1 Å². The highest BCUT2D eigenvalue weighted by molar-refractivity contribution is 5.84. The molecule has 3 rings (SSSR count). The molecule has 0 aliphatic carbocycles. The summed E-state index contributed by atoms with van der Waals surface area (Å²) >= 11 is 0. The van der Waals surface area contributed by atoms with Gasteiger partial charge in [0.05, 0.1) is 6.54 Å². The molecule has 0 saturated heterocycles. The zero-order valence-electron chi connectivity index (χ0n) is 15.1. The maximum atomic E-state index is 11.9. The van der Waals surface area contributed by atoms with Crippen LogP contribution in [0.2, 0.25) is 0 Å². The van der Waals surface area contributed by atoms with Gasteiger partial charge in [-0.25, -0.2) is 0 Å². The van der Waals surface area contributed by atoms with Crippen molar-refractivity contribution in [3.8, 4) is 11.5 Å². The second-order valence-electron chi connectivity index (χ2n) is 6.19. The lowest BCUT2D eigenvalue weighted by Gasteiger charge is -2.12. The average Bonchev–Trinajstić information content (AvgIpc) is 2.66. The number of ether oxygens (including phenoxy) is 2. The Morgan fingerprint density at radius 3 is 2.58 bits per heavy atom. The van der Waals surface area contributed by atoms with Gasteiger partial charge in [0.15, 0.2) is 6.61 Å². The minimum Gasteiger partial charge on any atom is -0.491 e. The van der Waals surface area contributed by atoms with Crippen molar-refractivity contribution < 1.29 is 14.3 Å². The molecule has 0 aliphatic rings. The molecule has 0 fully saturated rings. The Morgan fingerprint density at radius 1 is 0.923 bits per heavy atom. The van der Waals surface area contributed by atoms with Gasteiger partial charge in [-0.15, -0.1) is 0 Å². The van der Waals surface area contributed by atoms with Crippen LogP contribution in [0.25, 0.3) is 10.8 Å². The van der Waals surface area contributed by atoms with Gasteiger partial charge in [0, 0.05) is 0 Å². The van der Waals surface area contributed by atoms with Crippen molar-refractivity contribution in [2.75, 3.05) is 19.8 Å². The highest BCUT2D eigenvalue weighted by atomic mass is 16.5. The molecule has 0 aliphatic heterocycles. The summed E-state index contributed by atoms with van der Waals surface area (Å²) in [4.78, 5) is 11.9. The highest BCUT2D eigenvalue weighted by Crippen LogP contribution is 2.21. The van der Waals surface area contributed by atoms with Crippen LogP contribution in [-0.2, 0) is 4.79 Å². The van der Waals surface area contributed by atoms with Gasteiger partial charge in [0.2, 0.25) is 0 Å². The fourth-order valence-corrected chi connectivity index (χ4v) is 2.69. The Hall–Kier alpha value is -3.01. The summed E-state index contributed by atoms with van der Waals surface area (Å²) in [5.41, 5.74) is 2.31. The summed E-state index contributed by atoms with van der Waals surface area (Å²) < 4.78 is 11.3. The average molecular weight is 349 g/mol. The van der Waals surface area contributed by atoms with Crippen LogP contribution in [0.3, 0.4) is 0 Å². The zero-order valence-corrected chi connectivity index (χ0v) is 15.1. The molecule has 134 valence electrons. The Bertz CT molecular complexity index is 905. The molecule has 4 nitrogen and oxygen atoms in total. The van der Waals surface area contributed by atoms with E-state index < -0.39 is 0 Å². The lowest BCUT2D eigenvalue weighted by atomic mass is 10.1. The van der Waals surface area contributed by atoms with Gasteiger partial charge in [-0.3, -0.25) is 4.79 Å². The van der Waals surface area contributed by atoms with Crippen molar-refractivity contribution >= 4 is 16.7 Å². The first kappa shape index (κ1) is 17.8. The summed E-state index contributed by atoms with van der Waals surface area (Å²) in [6.07, 6.45) is 0. The first-order valence-corrected chi connectivity index (χ1v) is 8.71. The van der Waals surface area contributed by atoms with Gasteiger partial charge in [0.1, 0.15) is 18.1 Å². The van der Waals surface area contributed by atoms with Crippen molar-refractivity contribution in [2.45, 2.75) is 13.8 Å². The topological polar surface area (TPSA) is 47.6 Å². The van der Waals surface area contributed by atoms with Gasteiger partial charge in [0.25, 0.3) is 5.91 Å². The standard InChI is InChI=1S/C22H23NO3/c1-16-6-5-9-21(17(16)2)25-13-12-23-22(24)15-26-20-11-10-18-7-3-4-8-19(18)14-20/h3-11,14H,12-13,15H2,1-2H3,(H,23,24). The number of amides is 1. The largest absolute Gasteiger partial charge is 0.491 e. The van der Waals surface area contributed by atoms with Gasteiger partial charge in [-0.1, -0.05) is 42.5 Å². The quantitative estimate of drug-likeness (QED) is 0.655. The number of aryl methyl sites for hydroxylation is 1. The van der Waals surface area contributed by atoms with E-state index in [9.17, 15) is 4.79 Å². The van der Waals surface area contributed by atoms with Crippen LogP contribution in [0.15, 0.2) is 60.7 Å². The van der Waals surface area contributed by atoms with Crippen molar-refractivity contribution in [1.29, 1.82) is 0 Å². The second kappa shape index (κ2) is 8.39. The lowest BCUT2D eigenvalue weighted by Crippen LogP contribution is -2.32. The summed E-state index contributed by atoms with van der Waals surface area (Å²) in [6, 6.07) is 19.8. The predicted octanol–water partition coefficient (Wildman–Crippen LogP) is 4.03. The maximum Gasteiger partial charge on any atom is 0.258 e. The van der Waals surface area contributed by atoms with Gasteiger partial charge in [-0.2, -0.15) is 0 Å². The zero-order chi connectivity index (χ0) is 18.4. The van der Waals surface area contributed by atoms with E-state index in [1.165, 1.54) is 5.56 Å². The van der Waals surface area contributed by atoms with E-state index in [1.54, 1.807) is 0 Å². The molecule has 1 amide bonds. The molecule has 3 aromatic rings. The predicted molar refractivity (Wildman–Crippen MR) is 104 cm³/mol. The Morgan fingerprint density at radius 2 is 1.73 bits per heavy atom. The van der Waals surface area contributed by atoms with Crippen LogP contribution in [0.4, 0.5) is 0 Å². The van der Waals surface area contributed by atoms with Crippen molar-refractivity contribution in [3.05, 3.63) is 71.8 Å². The highest BCUT2D eigenvalue weighted by Gasteiger charge is 2.05. The number of hydrogen-bond acceptors (Lipinski definition) is 3. The van der Waals surface area contributed by atoms with Crippen LogP contribution in [-0.4, -0.2) is 25.7 Å². The minimum atomic E-state index is -0.164. The SMILES string of the molecule is Cc1cccc(OCCNC(=O)COc2ccc3ccccc3c2)c1C. The normalized spacial score (nSPS) is 10.5. The molecule has 0 saturated carbocycles. The van der Waals surface area contributed by atoms with Crippen molar-refractivity contribution in [3.63, 3.8) is 0 Å². The molecule has 0 spiro atoms.